The first-order chi connectivity index (χ1) is 18.5. The van der Waals surface area contributed by atoms with Crippen molar-refractivity contribution >= 4 is 11.7 Å². The normalized spacial score (nSPS) is 44.5. The van der Waals surface area contributed by atoms with Crippen molar-refractivity contribution in [3.63, 3.8) is 0 Å². The molecule has 6 nitrogen and oxygen atoms in total. The molecule has 1 amide bonds. The van der Waals surface area contributed by atoms with E-state index in [4.69, 9.17) is 14.2 Å². The first-order valence-electron chi connectivity index (χ1n) is 14.5. The first-order valence-corrected chi connectivity index (χ1v) is 14.5. The van der Waals surface area contributed by atoms with Crippen molar-refractivity contribution in [2.75, 3.05) is 7.11 Å². The van der Waals surface area contributed by atoms with E-state index in [1.54, 1.807) is 13.2 Å². The topological polar surface area (TPSA) is 73.9 Å². The predicted molar refractivity (Wildman–Crippen MR) is 156 cm³/mol. The summed E-state index contributed by atoms with van der Waals surface area (Å²) in [5.74, 6) is -0.473. The molecule has 3 aliphatic heterocycles. The second-order valence-electron chi connectivity index (χ2n) is 11.9. The van der Waals surface area contributed by atoms with Gasteiger partial charge in [0.2, 0.25) is 5.91 Å². The Bertz CT molecular complexity index is 1040. The summed E-state index contributed by atoms with van der Waals surface area (Å²) < 4.78 is 19.7. The summed E-state index contributed by atoms with van der Waals surface area (Å²) in [5, 5.41) is 3.07. The van der Waals surface area contributed by atoms with Gasteiger partial charge in [-0.1, -0.05) is 82.2 Å². The van der Waals surface area contributed by atoms with Crippen LogP contribution in [0.3, 0.4) is 0 Å². The first kappa shape index (κ1) is 31.3. The molecule has 6 heteroatoms. The summed E-state index contributed by atoms with van der Waals surface area (Å²) in [5.41, 5.74) is 2.81. The van der Waals surface area contributed by atoms with Gasteiger partial charge in [-0.15, -0.1) is 0 Å². The van der Waals surface area contributed by atoms with Gasteiger partial charge in [0, 0.05) is 30.4 Å². The Balaban J connectivity index is 2.33. The van der Waals surface area contributed by atoms with Crippen LogP contribution in [0.2, 0.25) is 0 Å². The van der Waals surface area contributed by atoms with Gasteiger partial charge in [-0.25, -0.2) is 0 Å². The molecule has 0 aromatic rings. The minimum absolute atomic E-state index is 0.0201. The van der Waals surface area contributed by atoms with Gasteiger partial charge in [-0.05, 0) is 51.5 Å². The fourth-order valence-corrected chi connectivity index (χ4v) is 6.28. The smallest absolute Gasteiger partial charge is 0.248 e. The molecule has 216 valence electrons. The highest BCUT2D eigenvalue weighted by Crippen LogP contribution is 2.39. The van der Waals surface area contributed by atoms with Crippen molar-refractivity contribution in [2.45, 2.75) is 98.9 Å². The number of amides is 1. The molecule has 3 aliphatic rings. The van der Waals surface area contributed by atoms with E-state index in [1.165, 1.54) is 5.57 Å². The van der Waals surface area contributed by atoms with Crippen molar-refractivity contribution in [1.82, 2.24) is 5.32 Å². The fourth-order valence-electron chi connectivity index (χ4n) is 6.28. The number of carbonyl (C=O) groups is 2. The predicted octanol–water partition coefficient (Wildman–Crippen LogP) is 6.10. The van der Waals surface area contributed by atoms with Crippen molar-refractivity contribution in [1.29, 1.82) is 0 Å². The Kier molecular flexibility index (Phi) is 11.1. The van der Waals surface area contributed by atoms with Crippen LogP contribution in [0.1, 0.15) is 68.2 Å². The molecule has 10 atom stereocenters. The quantitative estimate of drug-likeness (QED) is 0.459. The van der Waals surface area contributed by atoms with E-state index in [2.05, 4.69) is 52.1 Å². The number of methoxy groups -OCH3 is 1. The lowest BCUT2D eigenvalue weighted by molar-refractivity contribution is -0.159. The highest BCUT2D eigenvalue weighted by atomic mass is 16.6. The third kappa shape index (κ3) is 7.68. The number of fused-ring (bicyclic) bond motifs is 1. The number of rotatable bonds is 2. The van der Waals surface area contributed by atoms with E-state index in [-0.39, 0.29) is 47.6 Å². The molecule has 0 fully saturated rings. The second kappa shape index (κ2) is 13.9. The minimum Gasteiger partial charge on any atom is -0.373 e. The molecule has 0 saturated carbocycles. The Morgan fingerprint density at radius 2 is 1.72 bits per heavy atom. The molecule has 1 N–H and O–H groups in total. The number of nitrogens with one attached hydrogen (secondary N) is 1. The van der Waals surface area contributed by atoms with Crippen molar-refractivity contribution < 1.29 is 23.8 Å². The molecule has 0 saturated heterocycles. The number of ketones is 1. The standard InChI is InChI=1S/C33H49NO5/c1-10-28-21(4)14-15-27(35)25(8)31-24(7)26-18-19(2)12-11-13-29(37-9)33(39-31)34-32(36)23(6)17-20(3)16-22(5)30(26)38-28/h11-17,21-22,24-26,28-31,33H,10,18H2,1-9H3,(H,34,36)/b13-11-,15-14+,19-12-,20-16-,23-17-. The molecular formula is C33H49NO5. The van der Waals surface area contributed by atoms with Crippen LogP contribution in [-0.4, -0.2) is 49.4 Å². The summed E-state index contributed by atoms with van der Waals surface area (Å²) >= 11 is 0. The van der Waals surface area contributed by atoms with Crippen LogP contribution < -0.4 is 5.32 Å². The largest absolute Gasteiger partial charge is 0.373 e. The Morgan fingerprint density at radius 3 is 2.38 bits per heavy atom. The maximum absolute atomic E-state index is 13.6. The Morgan fingerprint density at radius 1 is 1.00 bits per heavy atom. The van der Waals surface area contributed by atoms with Crippen molar-refractivity contribution in [3.8, 4) is 0 Å². The van der Waals surface area contributed by atoms with Gasteiger partial charge in [0.25, 0.3) is 0 Å². The molecule has 0 spiro atoms. The van der Waals surface area contributed by atoms with Crippen molar-refractivity contribution in [2.24, 2.45) is 29.6 Å². The van der Waals surface area contributed by atoms with Gasteiger partial charge < -0.3 is 19.5 Å². The minimum atomic E-state index is -0.782. The van der Waals surface area contributed by atoms with Crippen LogP contribution in [0, 0.1) is 29.6 Å². The molecule has 39 heavy (non-hydrogen) atoms. The highest BCUT2D eigenvalue weighted by Gasteiger charge is 2.42. The van der Waals surface area contributed by atoms with Crippen LogP contribution in [0.4, 0.5) is 0 Å². The van der Waals surface area contributed by atoms with Crippen LogP contribution in [0.15, 0.2) is 59.3 Å². The maximum atomic E-state index is 13.6. The summed E-state index contributed by atoms with van der Waals surface area (Å²) in [7, 11) is 1.61. The van der Waals surface area contributed by atoms with E-state index in [0.717, 1.165) is 18.4 Å². The molecule has 10 unspecified atom stereocenters. The lowest BCUT2D eigenvalue weighted by Gasteiger charge is -2.42. The molecule has 0 radical (unpaired) electrons. The van der Waals surface area contributed by atoms with Gasteiger partial charge >= 0.3 is 0 Å². The summed E-state index contributed by atoms with van der Waals surface area (Å²) in [6, 6.07) is 0. The SMILES string of the molecule is CCC1OC2C(C)/C=C(C)\C=C(\C)C(=O)NC3OC(C(C)C(=O)/C=C/C1C)C(C)C2C/C(C)=C\C=C/C3OC. The van der Waals surface area contributed by atoms with Crippen LogP contribution in [-0.2, 0) is 23.8 Å². The highest BCUT2D eigenvalue weighted by molar-refractivity contribution is 5.93. The summed E-state index contributed by atoms with van der Waals surface area (Å²) in [4.78, 5) is 26.9. The van der Waals surface area contributed by atoms with Crippen LogP contribution in [0.5, 0.6) is 0 Å². The number of allylic oxidation sites excluding steroid dienone is 6. The molecule has 0 aliphatic carbocycles. The van der Waals surface area contributed by atoms with Crippen molar-refractivity contribution in [3.05, 3.63) is 59.3 Å². The molecule has 3 rings (SSSR count). The number of hydrogen-bond donors (Lipinski definition) is 1. The van der Waals surface area contributed by atoms with Gasteiger partial charge in [-0.3, -0.25) is 9.59 Å². The fraction of sp³-hybridized carbons (Fsp3) is 0.636. The maximum Gasteiger partial charge on any atom is 0.248 e. The van der Waals surface area contributed by atoms with E-state index in [9.17, 15) is 9.59 Å². The third-order valence-electron chi connectivity index (χ3n) is 8.68. The molecule has 0 aromatic heterocycles. The molecule has 4 bridgehead atoms. The lowest BCUT2D eigenvalue weighted by atomic mass is 9.73. The lowest BCUT2D eigenvalue weighted by Crippen LogP contribution is -2.52. The van der Waals surface area contributed by atoms with E-state index >= 15 is 0 Å². The van der Waals surface area contributed by atoms with Gasteiger partial charge in [-0.2, -0.15) is 0 Å². The number of hydrogen-bond acceptors (Lipinski definition) is 5. The van der Waals surface area contributed by atoms with E-state index < -0.39 is 24.4 Å². The zero-order valence-corrected chi connectivity index (χ0v) is 25.3. The zero-order valence-electron chi connectivity index (χ0n) is 25.3. The molecule has 0 aromatic carbocycles. The third-order valence-corrected chi connectivity index (χ3v) is 8.68. The number of carbonyl (C=O) groups excluding carboxylic acids is 2. The van der Waals surface area contributed by atoms with Gasteiger partial charge in [0.15, 0.2) is 12.0 Å². The summed E-state index contributed by atoms with van der Waals surface area (Å²) in [6.45, 7) is 16.6. The van der Waals surface area contributed by atoms with E-state index in [1.807, 2.05) is 45.1 Å². The second-order valence-corrected chi connectivity index (χ2v) is 11.9. The van der Waals surface area contributed by atoms with E-state index in [0.29, 0.717) is 5.57 Å². The number of ether oxygens (including phenoxy) is 3. The van der Waals surface area contributed by atoms with Gasteiger partial charge in [0.1, 0.15) is 6.10 Å². The average Bonchev–Trinajstić information content (AvgIpc) is 2.91. The molecular weight excluding hydrogens is 490 g/mol. The zero-order chi connectivity index (χ0) is 28.9. The Labute approximate surface area is 235 Å². The average molecular weight is 540 g/mol. The Hall–Kier alpha value is -2.28. The van der Waals surface area contributed by atoms with Crippen LogP contribution in [0.25, 0.3) is 0 Å². The van der Waals surface area contributed by atoms with Crippen LogP contribution >= 0.6 is 0 Å². The monoisotopic (exact) mass is 539 g/mol. The summed E-state index contributed by atoms with van der Waals surface area (Å²) in [6.07, 6.45) is 13.5. The van der Waals surface area contributed by atoms with Gasteiger partial charge in [0.05, 0.1) is 18.3 Å². The molecule has 3 heterocycles.